The molecule has 0 aliphatic heterocycles. The topological polar surface area (TPSA) is 9.23 Å². The predicted octanol–water partition coefficient (Wildman–Crippen LogP) is 7.82. The van der Waals surface area contributed by atoms with Crippen molar-refractivity contribution in [2.75, 3.05) is 6.61 Å². The maximum absolute atomic E-state index is 15.1. The van der Waals surface area contributed by atoms with Crippen molar-refractivity contribution in [3.63, 3.8) is 0 Å². The number of hydrogen-bond acceptors (Lipinski definition) is 1. The monoisotopic (exact) mass is 426 g/mol. The third-order valence-electron chi connectivity index (χ3n) is 7.14. The molecule has 0 saturated heterocycles. The van der Waals surface area contributed by atoms with Gasteiger partial charge in [0, 0.05) is 17.2 Å². The smallest absolute Gasteiger partial charge is 0.167 e. The lowest BCUT2D eigenvalue weighted by molar-refractivity contribution is 0.132. The van der Waals surface area contributed by atoms with Crippen molar-refractivity contribution in [2.45, 2.75) is 44.4 Å². The average Bonchev–Trinajstić information content (AvgIpc) is 2.79. The minimum atomic E-state index is -0.978. The Bertz CT molecular complexity index is 967. The SMILES string of the molecule is C=CCOc1ccc(-c2ccc(C3CCC4CC(C=C)CCC4C3)c(F)c2F)c(F)c1. The first-order valence-corrected chi connectivity index (χ1v) is 11.2. The molecule has 0 N–H and O–H groups in total. The van der Waals surface area contributed by atoms with Crippen LogP contribution < -0.4 is 4.74 Å². The summed E-state index contributed by atoms with van der Waals surface area (Å²) in [5.41, 5.74) is 0.395. The van der Waals surface area contributed by atoms with Gasteiger partial charge in [0.25, 0.3) is 0 Å². The van der Waals surface area contributed by atoms with Crippen LogP contribution in [0.1, 0.15) is 50.0 Å². The van der Waals surface area contributed by atoms with E-state index in [1.54, 1.807) is 18.2 Å². The van der Waals surface area contributed by atoms with E-state index in [1.165, 1.54) is 24.6 Å². The quantitative estimate of drug-likeness (QED) is 0.428. The number of hydrogen-bond donors (Lipinski definition) is 0. The Kier molecular flexibility index (Phi) is 6.54. The van der Waals surface area contributed by atoms with Gasteiger partial charge in [-0.2, -0.15) is 0 Å². The summed E-state index contributed by atoms with van der Waals surface area (Å²) < 4.78 is 50.0. The van der Waals surface area contributed by atoms with Crippen LogP contribution in [0.4, 0.5) is 13.2 Å². The van der Waals surface area contributed by atoms with Crippen molar-refractivity contribution in [3.8, 4) is 16.9 Å². The number of benzene rings is 2. The van der Waals surface area contributed by atoms with Crippen molar-refractivity contribution in [1.29, 1.82) is 0 Å². The number of allylic oxidation sites excluding steroid dienone is 1. The second-order valence-corrected chi connectivity index (χ2v) is 8.91. The van der Waals surface area contributed by atoms with Crippen LogP contribution in [0, 0.1) is 35.2 Å². The second kappa shape index (κ2) is 9.33. The van der Waals surface area contributed by atoms with Crippen molar-refractivity contribution < 1.29 is 17.9 Å². The minimum absolute atomic E-state index is 0.0182. The number of fused-ring (bicyclic) bond motifs is 1. The molecule has 1 nitrogen and oxygen atoms in total. The first kappa shape index (κ1) is 21.7. The van der Waals surface area contributed by atoms with Gasteiger partial charge >= 0.3 is 0 Å². The molecule has 0 spiro atoms. The number of halogens is 3. The lowest BCUT2D eigenvalue weighted by Gasteiger charge is -2.41. The zero-order chi connectivity index (χ0) is 22.0. The maximum atomic E-state index is 15.1. The van der Waals surface area contributed by atoms with E-state index in [0.717, 1.165) is 32.1 Å². The van der Waals surface area contributed by atoms with Crippen LogP contribution in [0.15, 0.2) is 55.6 Å². The molecule has 2 aliphatic carbocycles. The highest BCUT2D eigenvalue weighted by molar-refractivity contribution is 5.66. The van der Waals surface area contributed by atoms with Gasteiger partial charge in [0.05, 0.1) is 0 Å². The van der Waals surface area contributed by atoms with Gasteiger partial charge in [-0.15, -0.1) is 6.58 Å². The number of rotatable bonds is 6. The first-order valence-electron chi connectivity index (χ1n) is 11.2. The molecule has 0 bridgehead atoms. The lowest BCUT2D eigenvalue weighted by Crippen LogP contribution is -2.30. The standard InChI is InChI=1S/C27H29F3O/c1-3-13-31-21-9-10-23(25(28)16-21)24-12-11-22(26(29)27(24)30)20-8-7-18-14-17(4-2)5-6-19(18)15-20/h3-4,9-12,16-20H,1-2,5-8,13-15H2. The van der Waals surface area contributed by atoms with Gasteiger partial charge in [-0.25, -0.2) is 13.2 Å². The van der Waals surface area contributed by atoms with Crippen molar-refractivity contribution >= 4 is 0 Å². The summed E-state index contributed by atoms with van der Waals surface area (Å²) in [5, 5.41) is 0. The molecule has 0 heterocycles. The first-order chi connectivity index (χ1) is 15.0. The summed E-state index contributed by atoms with van der Waals surface area (Å²) in [6, 6.07) is 7.32. The van der Waals surface area contributed by atoms with Crippen molar-refractivity contribution in [1.82, 2.24) is 0 Å². The molecule has 4 atom stereocenters. The Labute approximate surface area is 182 Å². The summed E-state index contributed by atoms with van der Waals surface area (Å²) in [4.78, 5) is 0. The Morgan fingerprint density at radius 2 is 1.61 bits per heavy atom. The highest BCUT2D eigenvalue weighted by atomic mass is 19.2. The predicted molar refractivity (Wildman–Crippen MR) is 119 cm³/mol. The molecule has 2 aliphatic rings. The highest BCUT2D eigenvalue weighted by Crippen LogP contribution is 2.48. The summed E-state index contributed by atoms with van der Waals surface area (Å²) >= 11 is 0. The van der Waals surface area contributed by atoms with E-state index >= 15 is 8.78 Å². The largest absolute Gasteiger partial charge is 0.489 e. The van der Waals surface area contributed by atoms with Gasteiger partial charge in [-0.3, -0.25) is 0 Å². The summed E-state index contributed by atoms with van der Waals surface area (Å²) in [6.45, 7) is 7.73. The molecule has 164 valence electrons. The Morgan fingerprint density at radius 3 is 2.35 bits per heavy atom. The van der Waals surface area contributed by atoms with Crippen molar-refractivity contribution in [2.24, 2.45) is 17.8 Å². The molecule has 0 aromatic heterocycles. The molecule has 2 saturated carbocycles. The number of ether oxygens (including phenoxy) is 1. The van der Waals surface area contributed by atoms with Crippen LogP contribution in [0.5, 0.6) is 5.75 Å². The van der Waals surface area contributed by atoms with Gasteiger partial charge in [0.2, 0.25) is 0 Å². The van der Waals surface area contributed by atoms with Gasteiger partial charge in [-0.05, 0) is 79.9 Å². The van der Waals surface area contributed by atoms with E-state index in [-0.39, 0.29) is 23.7 Å². The van der Waals surface area contributed by atoms with E-state index in [4.69, 9.17) is 4.74 Å². The zero-order valence-electron chi connectivity index (χ0n) is 17.8. The third kappa shape index (κ3) is 4.44. The van der Waals surface area contributed by atoms with Crippen LogP contribution in [0.3, 0.4) is 0 Å². The Balaban J connectivity index is 1.54. The van der Waals surface area contributed by atoms with Crippen LogP contribution in [-0.2, 0) is 0 Å². The molecule has 31 heavy (non-hydrogen) atoms. The summed E-state index contributed by atoms with van der Waals surface area (Å²) in [5.74, 6) is -0.303. The van der Waals surface area contributed by atoms with Crippen molar-refractivity contribution in [3.05, 3.63) is 78.7 Å². The Hall–Kier alpha value is -2.49. The molecular weight excluding hydrogens is 397 g/mol. The third-order valence-corrected chi connectivity index (χ3v) is 7.14. The fourth-order valence-corrected chi connectivity index (χ4v) is 5.47. The van der Waals surface area contributed by atoms with E-state index in [0.29, 0.717) is 29.1 Å². The summed E-state index contributed by atoms with van der Waals surface area (Å²) in [7, 11) is 0. The second-order valence-electron chi connectivity index (χ2n) is 8.91. The van der Waals surface area contributed by atoms with Gasteiger partial charge < -0.3 is 4.74 Å². The normalized spacial score (nSPS) is 25.5. The zero-order valence-corrected chi connectivity index (χ0v) is 17.8. The van der Waals surface area contributed by atoms with Gasteiger partial charge in [0.1, 0.15) is 18.2 Å². The van der Waals surface area contributed by atoms with Crippen LogP contribution in [0.25, 0.3) is 11.1 Å². The van der Waals surface area contributed by atoms with E-state index in [9.17, 15) is 4.39 Å². The van der Waals surface area contributed by atoms with E-state index in [1.807, 2.05) is 0 Å². The average molecular weight is 427 g/mol. The minimum Gasteiger partial charge on any atom is -0.489 e. The molecule has 2 aromatic carbocycles. The summed E-state index contributed by atoms with van der Waals surface area (Å²) in [6.07, 6.45) is 9.86. The van der Waals surface area contributed by atoms with Crippen LogP contribution >= 0.6 is 0 Å². The fourth-order valence-electron chi connectivity index (χ4n) is 5.47. The van der Waals surface area contributed by atoms with Gasteiger partial charge in [-0.1, -0.05) is 30.9 Å². The van der Waals surface area contributed by atoms with Crippen LogP contribution in [0.2, 0.25) is 0 Å². The molecule has 0 radical (unpaired) electrons. The van der Waals surface area contributed by atoms with Gasteiger partial charge in [0.15, 0.2) is 11.6 Å². The molecule has 4 rings (SSSR count). The maximum Gasteiger partial charge on any atom is 0.167 e. The molecule has 0 amide bonds. The van der Waals surface area contributed by atoms with E-state index in [2.05, 4.69) is 19.2 Å². The highest BCUT2D eigenvalue weighted by Gasteiger charge is 2.36. The van der Waals surface area contributed by atoms with Crippen LogP contribution in [-0.4, -0.2) is 6.61 Å². The molecule has 2 aromatic rings. The van der Waals surface area contributed by atoms with E-state index < -0.39 is 17.5 Å². The molecular formula is C27H29F3O. The fraction of sp³-hybridized carbons (Fsp3) is 0.407. The molecule has 4 unspecified atom stereocenters. The Morgan fingerprint density at radius 1 is 0.871 bits per heavy atom. The molecule has 4 heteroatoms. The molecule has 2 fully saturated rings. The lowest BCUT2D eigenvalue weighted by atomic mass is 9.64.